The van der Waals surface area contributed by atoms with E-state index in [0.717, 1.165) is 6.07 Å². The number of carbonyl (C=O) groups is 2. The smallest absolute Gasteiger partial charge is 0.379 e. The van der Waals surface area contributed by atoms with Gasteiger partial charge >= 0.3 is 5.97 Å². The van der Waals surface area contributed by atoms with Gasteiger partial charge in [-0.3, -0.25) is 4.79 Å². The first kappa shape index (κ1) is 12.5. The van der Waals surface area contributed by atoms with Crippen molar-refractivity contribution < 1.29 is 27.8 Å². The van der Waals surface area contributed by atoms with Crippen LogP contribution in [0.4, 0.5) is 8.78 Å². The largest absolute Gasteiger partial charge is 0.493 e. The molecule has 1 aromatic rings. The fourth-order valence-electron chi connectivity index (χ4n) is 1.77. The molecular formula is C12H10F2O4. The predicted octanol–water partition coefficient (Wildman–Crippen LogP) is 1.65. The topological polar surface area (TPSA) is 52.6 Å². The molecule has 96 valence electrons. The Morgan fingerprint density at radius 2 is 2.17 bits per heavy atom. The average molecular weight is 256 g/mol. The minimum Gasteiger partial charge on any atom is -0.493 e. The van der Waals surface area contributed by atoms with Crippen LogP contribution in [0.1, 0.15) is 22.8 Å². The maximum atomic E-state index is 13.9. The van der Waals surface area contributed by atoms with Crippen molar-refractivity contribution in [1.82, 2.24) is 0 Å². The second-order valence-electron chi connectivity index (χ2n) is 3.67. The molecule has 0 saturated carbocycles. The van der Waals surface area contributed by atoms with E-state index < -0.39 is 29.0 Å². The van der Waals surface area contributed by atoms with Crippen molar-refractivity contribution >= 4 is 11.8 Å². The van der Waals surface area contributed by atoms with Crippen molar-refractivity contribution in [3.8, 4) is 5.75 Å². The van der Waals surface area contributed by atoms with E-state index in [2.05, 4.69) is 4.74 Å². The van der Waals surface area contributed by atoms with Gasteiger partial charge in [0.1, 0.15) is 22.9 Å². The summed E-state index contributed by atoms with van der Waals surface area (Å²) in [5.41, 5.74) is -0.762. The first-order chi connectivity index (χ1) is 8.56. The fraction of sp³-hybridized carbons (Fsp3) is 0.333. The quantitative estimate of drug-likeness (QED) is 0.468. The Hall–Kier alpha value is -1.98. The summed E-state index contributed by atoms with van der Waals surface area (Å²) in [5, 5.41) is 0. The Balaban J connectivity index is 2.45. The lowest BCUT2D eigenvalue weighted by atomic mass is 10.0. The van der Waals surface area contributed by atoms with Gasteiger partial charge < -0.3 is 9.47 Å². The van der Waals surface area contributed by atoms with E-state index in [4.69, 9.17) is 4.74 Å². The van der Waals surface area contributed by atoms with Crippen molar-refractivity contribution in [1.29, 1.82) is 0 Å². The van der Waals surface area contributed by atoms with Crippen LogP contribution in [0.25, 0.3) is 0 Å². The molecule has 0 radical (unpaired) electrons. The lowest BCUT2D eigenvalue weighted by molar-refractivity contribution is -0.137. The molecule has 0 saturated heterocycles. The van der Waals surface area contributed by atoms with Crippen molar-refractivity contribution in [3.63, 3.8) is 0 Å². The monoisotopic (exact) mass is 256 g/mol. The molecule has 0 bridgehead atoms. The van der Waals surface area contributed by atoms with Crippen LogP contribution in [0.15, 0.2) is 6.07 Å². The van der Waals surface area contributed by atoms with Gasteiger partial charge in [-0.2, -0.15) is 0 Å². The van der Waals surface area contributed by atoms with Gasteiger partial charge in [0.2, 0.25) is 0 Å². The third-order valence-electron chi connectivity index (χ3n) is 2.58. The molecule has 0 aliphatic carbocycles. The SMILES string of the molecule is CCOC(=O)C(=O)c1c(F)cc2c(c1F)CCO2. The number of ketones is 1. The highest BCUT2D eigenvalue weighted by Crippen LogP contribution is 2.31. The highest BCUT2D eigenvalue weighted by molar-refractivity contribution is 6.40. The lowest BCUT2D eigenvalue weighted by Gasteiger charge is -2.07. The van der Waals surface area contributed by atoms with Gasteiger partial charge in [-0.05, 0) is 6.92 Å². The highest BCUT2D eigenvalue weighted by atomic mass is 19.1. The molecule has 0 amide bonds. The summed E-state index contributed by atoms with van der Waals surface area (Å²) in [6, 6.07) is 0.915. The molecule has 18 heavy (non-hydrogen) atoms. The second kappa shape index (κ2) is 4.72. The summed E-state index contributed by atoms with van der Waals surface area (Å²) in [6.07, 6.45) is 0.241. The molecule has 0 N–H and O–H groups in total. The number of hydrogen-bond donors (Lipinski definition) is 0. The number of rotatable bonds is 3. The van der Waals surface area contributed by atoms with E-state index >= 15 is 0 Å². The van der Waals surface area contributed by atoms with E-state index in [1.54, 1.807) is 0 Å². The predicted molar refractivity (Wildman–Crippen MR) is 56.5 cm³/mol. The average Bonchev–Trinajstić information content (AvgIpc) is 2.77. The number of benzene rings is 1. The molecule has 0 unspecified atom stereocenters. The molecule has 1 heterocycles. The van der Waals surface area contributed by atoms with Crippen LogP contribution in [-0.4, -0.2) is 25.0 Å². The molecule has 4 nitrogen and oxygen atoms in total. The van der Waals surface area contributed by atoms with Crippen molar-refractivity contribution in [2.45, 2.75) is 13.3 Å². The molecule has 6 heteroatoms. The maximum absolute atomic E-state index is 13.9. The number of halogens is 2. The standard InChI is InChI=1S/C12H10F2O4/c1-2-17-12(16)11(15)9-7(13)5-8-6(10(9)14)3-4-18-8/h5H,2-4H2,1H3. The zero-order valence-corrected chi connectivity index (χ0v) is 9.59. The van der Waals surface area contributed by atoms with Crippen molar-refractivity contribution in [3.05, 3.63) is 28.8 Å². The molecular weight excluding hydrogens is 246 g/mol. The number of Topliss-reactive ketones (excluding diaryl/α,β-unsaturated/α-hetero) is 1. The van der Waals surface area contributed by atoms with Crippen LogP contribution in [-0.2, 0) is 16.0 Å². The Morgan fingerprint density at radius 3 is 2.83 bits per heavy atom. The summed E-state index contributed by atoms with van der Waals surface area (Å²) in [7, 11) is 0. The minimum atomic E-state index is -1.32. The Kier molecular flexibility index (Phi) is 3.27. The number of hydrogen-bond acceptors (Lipinski definition) is 4. The van der Waals surface area contributed by atoms with Crippen molar-refractivity contribution in [2.24, 2.45) is 0 Å². The summed E-state index contributed by atoms with van der Waals surface area (Å²) in [6.45, 7) is 1.68. The molecule has 0 fully saturated rings. The zero-order valence-electron chi connectivity index (χ0n) is 9.59. The first-order valence-electron chi connectivity index (χ1n) is 5.41. The third kappa shape index (κ3) is 1.94. The van der Waals surface area contributed by atoms with Crippen molar-refractivity contribution in [2.75, 3.05) is 13.2 Å². The summed E-state index contributed by atoms with van der Waals surface area (Å²) in [4.78, 5) is 22.8. The van der Waals surface area contributed by atoms with E-state index in [1.807, 2.05) is 0 Å². The number of fused-ring (bicyclic) bond motifs is 1. The molecule has 0 atom stereocenters. The molecule has 0 spiro atoms. The minimum absolute atomic E-state index is 0.0398. The Bertz CT molecular complexity index is 525. The number of esters is 1. The number of ether oxygens (including phenoxy) is 2. The highest BCUT2D eigenvalue weighted by Gasteiger charge is 2.30. The van der Waals surface area contributed by atoms with Gasteiger partial charge in [-0.1, -0.05) is 0 Å². The van der Waals surface area contributed by atoms with E-state index in [0.29, 0.717) is 0 Å². The number of carbonyl (C=O) groups excluding carboxylic acids is 2. The summed E-state index contributed by atoms with van der Waals surface area (Å²) >= 11 is 0. The van der Waals surface area contributed by atoms with Gasteiger partial charge in [-0.15, -0.1) is 0 Å². The van der Waals surface area contributed by atoms with Crippen LogP contribution >= 0.6 is 0 Å². The fourth-order valence-corrected chi connectivity index (χ4v) is 1.77. The first-order valence-corrected chi connectivity index (χ1v) is 5.41. The van der Waals surface area contributed by atoms with E-state index in [-0.39, 0.29) is 30.9 Å². The molecule has 0 aromatic heterocycles. The van der Waals surface area contributed by atoms with Crippen LogP contribution in [0.3, 0.4) is 0 Å². The van der Waals surface area contributed by atoms with Gasteiger partial charge in [-0.25, -0.2) is 13.6 Å². The molecule has 1 aliphatic heterocycles. The zero-order chi connectivity index (χ0) is 13.3. The Labute approximate surface area is 101 Å². The van der Waals surface area contributed by atoms with Gasteiger partial charge in [0.25, 0.3) is 5.78 Å². The van der Waals surface area contributed by atoms with Crippen LogP contribution < -0.4 is 4.74 Å². The van der Waals surface area contributed by atoms with Crippen LogP contribution in [0.5, 0.6) is 5.75 Å². The van der Waals surface area contributed by atoms with Gasteiger partial charge in [0.15, 0.2) is 0 Å². The summed E-state index contributed by atoms with van der Waals surface area (Å²) in [5.74, 6) is -4.67. The molecule has 1 aliphatic rings. The van der Waals surface area contributed by atoms with E-state index in [1.165, 1.54) is 6.92 Å². The third-order valence-corrected chi connectivity index (χ3v) is 2.58. The molecule has 1 aromatic carbocycles. The maximum Gasteiger partial charge on any atom is 0.379 e. The molecule has 2 rings (SSSR count). The van der Waals surface area contributed by atoms with Crippen LogP contribution in [0.2, 0.25) is 0 Å². The van der Waals surface area contributed by atoms with E-state index in [9.17, 15) is 18.4 Å². The Morgan fingerprint density at radius 1 is 1.44 bits per heavy atom. The van der Waals surface area contributed by atoms with Crippen LogP contribution in [0, 0.1) is 11.6 Å². The van der Waals surface area contributed by atoms with Gasteiger partial charge in [0, 0.05) is 18.1 Å². The second-order valence-corrected chi connectivity index (χ2v) is 3.67. The lowest BCUT2D eigenvalue weighted by Crippen LogP contribution is -2.20. The normalized spacial score (nSPS) is 12.8. The van der Waals surface area contributed by atoms with Gasteiger partial charge in [0.05, 0.1) is 13.2 Å². The summed E-state index contributed by atoms with van der Waals surface area (Å²) < 4.78 is 37.0.